The molecule has 1 amide bonds. The largest absolute Gasteiger partial charge is 0.475 e. The molecule has 138 valence electrons. The molecule has 26 heavy (non-hydrogen) atoms. The van der Waals surface area contributed by atoms with Gasteiger partial charge in [-0.3, -0.25) is 9.69 Å². The van der Waals surface area contributed by atoms with Crippen molar-refractivity contribution in [1.82, 2.24) is 14.8 Å². The van der Waals surface area contributed by atoms with E-state index in [1.165, 1.54) is 12.3 Å². The van der Waals surface area contributed by atoms with Gasteiger partial charge in [0.25, 0.3) is 5.91 Å². The molecule has 5 nitrogen and oxygen atoms in total. The van der Waals surface area contributed by atoms with Crippen molar-refractivity contribution in [2.45, 2.75) is 18.4 Å². The minimum absolute atomic E-state index is 0.0145. The molecule has 2 fully saturated rings. The van der Waals surface area contributed by atoms with Gasteiger partial charge >= 0.3 is 0 Å². The highest BCUT2D eigenvalue weighted by Gasteiger charge is 2.51. The summed E-state index contributed by atoms with van der Waals surface area (Å²) < 4.78 is 19.3. The van der Waals surface area contributed by atoms with Crippen molar-refractivity contribution >= 4 is 17.2 Å². The molecule has 0 radical (unpaired) electrons. The Labute approximate surface area is 156 Å². The van der Waals surface area contributed by atoms with E-state index in [1.54, 1.807) is 17.4 Å². The number of pyridine rings is 1. The Hall–Kier alpha value is -1.99. The minimum atomic E-state index is -0.425. The lowest BCUT2D eigenvalue weighted by molar-refractivity contribution is -0.0696. The lowest BCUT2D eigenvalue weighted by Crippen LogP contribution is -2.72. The number of hydrogen-bond donors (Lipinski definition) is 0. The summed E-state index contributed by atoms with van der Waals surface area (Å²) in [5.41, 5.74) is 0.787. The molecule has 0 unspecified atom stereocenters. The summed E-state index contributed by atoms with van der Waals surface area (Å²) in [6.07, 6.45) is 3.49. The van der Waals surface area contributed by atoms with Crippen LogP contribution in [0.25, 0.3) is 0 Å². The van der Waals surface area contributed by atoms with Crippen LogP contribution in [0.3, 0.4) is 0 Å². The van der Waals surface area contributed by atoms with Crippen molar-refractivity contribution in [2.24, 2.45) is 5.92 Å². The normalized spacial score (nSPS) is 22.2. The third kappa shape index (κ3) is 3.21. The fraction of sp³-hybridized carbons (Fsp3) is 0.474. The summed E-state index contributed by atoms with van der Waals surface area (Å²) in [6, 6.07) is 4.79. The van der Waals surface area contributed by atoms with Gasteiger partial charge in [0, 0.05) is 24.7 Å². The molecule has 2 aromatic rings. The number of piperidine rings is 1. The summed E-state index contributed by atoms with van der Waals surface area (Å²) in [5, 5.41) is 3.83. The van der Waals surface area contributed by atoms with Gasteiger partial charge < -0.3 is 9.64 Å². The Kier molecular flexibility index (Phi) is 4.67. The first kappa shape index (κ1) is 17.4. The molecular formula is C19H22FN3O2S. The van der Waals surface area contributed by atoms with Crippen LogP contribution in [-0.2, 0) is 0 Å². The monoisotopic (exact) mass is 375 g/mol. The predicted octanol–water partition coefficient (Wildman–Crippen LogP) is 2.90. The maximum atomic E-state index is 13.7. The van der Waals surface area contributed by atoms with E-state index in [2.05, 4.69) is 16.9 Å². The van der Waals surface area contributed by atoms with Crippen molar-refractivity contribution in [3.8, 4) is 5.88 Å². The zero-order valence-corrected chi connectivity index (χ0v) is 15.5. The maximum absolute atomic E-state index is 13.7. The highest BCUT2D eigenvalue weighted by atomic mass is 32.1. The Bertz CT molecular complexity index is 777. The predicted molar refractivity (Wildman–Crippen MR) is 98.0 cm³/mol. The Morgan fingerprint density at radius 2 is 2.31 bits per heavy atom. The number of amides is 1. The van der Waals surface area contributed by atoms with Gasteiger partial charge in [-0.15, -0.1) is 0 Å². The fourth-order valence-corrected chi connectivity index (χ4v) is 4.60. The number of carbonyl (C=O) groups excluding carboxylic acids is 1. The number of aromatic nitrogens is 1. The molecule has 0 aliphatic carbocycles. The van der Waals surface area contributed by atoms with Crippen molar-refractivity contribution in [3.63, 3.8) is 0 Å². The number of carbonyl (C=O) groups is 1. The quantitative estimate of drug-likeness (QED) is 0.824. The van der Waals surface area contributed by atoms with E-state index < -0.39 is 5.82 Å². The number of likely N-dealkylation sites (tertiary alicyclic amines) is 2. The van der Waals surface area contributed by atoms with Crippen LogP contribution in [-0.4, -0.2) is 59.5 Å². The third-order valence-electron chi connectivity index (χ3n) is 5.56. The number of rotatable bonds is 4. The molecule has 2 aliphatic rings. The summed E-state index contributed by atoms with van der Waals surface area (Å²) in [5.74, 6) is 0.0971. The van der Waals surface area contributed by atoms with E-state index in [9.17, 15) is 9.18 Å². The maximum Gasteiger partial charge on any atom is 0.254 e. The third-order valence-corrected chi connectivity index (χ3v) is 6.24. The Balaban J connectivity index is 1.36. The topological polar surface area (TPSA) is 45.7 Å². The van der Waals surface area contributed by atoms with E-state index in [0.717, 1.165) is 38.0 Å². The molecule has 0 aromatic carbocycles. The molecule has 0 bridgehead atoms. The van der Waals surface area contributed by atoms with Gasteiger partial charge in [0.1, 0.15) is 0 Å². The van der Waals surface area contributed by atoms with Crippen LogP contribution in [0.15, 0.2) is 35.2 Å². The molecule has 1 atom stereocenters. The van der Waals surface area contributed by atoms with E-state index in [0.29, 0.717) is 12.5 Å². The standard InChI is InChI=1S/C19H22FN3O2S/c1-22-7-4-14(10-25-17-16(20)3-2-6-21-17)9-19(22)12-23(13-19)18(24)15-5-8-26-11-15/h2-3,5-6,8,11,14H,4,7,9-10,12-13H2,1H3/t14-/m1/s1. The summed E-state index contributed by atoms with van der Waals surface area (Å²) in [6.45, 7) is 2.90. The number of ether oxygens (including phenoxy) is 1. The molecule has 2 saturated heterocycles. The molecule has 1 spiro atoms. The van der Waals surface area contributed by atoms with E-state index in [-0.39, 0.29) is 17.3 Å². The Morgan fingerprint density at radius 3 is 3.04 bits per heavy atom. The highest BCUT2D eigenvalue weighted by molar-refractivity contribution is 7.08. The molecule has 4 heterocycles. The van der Waals surface area contributed by atoms with Crippen LogP contribution in [0.5, 0.6) is 5.88 Å². The van der Waals surface area contributed by atoms with Gasteiger partial charge in [-0.1, -0.05) is 0 Å². The van der Waals surface area contributed by atoms with Crippen LogP contribution >= 0.6 is 11.3 Å². The fourth-order valence-electron chi connectivity index (χ4n) is 3.97. The summed E-state index contributed by atoms with van der Waals surface area (Å²) in [4.78, 5) is 20.7. The zero-order valence-electron chi connectivity index (χ0n) is 14.7. The number of hydrogen-bond acceptors (Lipinski definition) is 5. The SMILES string of the molecule is CN1CC[C@@H](COc2ncccc2F)CC12CN(C(=O)c1ccsc1)C2. The summed E-state index contributed by atoms with van der Waals surface area (Å²) in [7, 11) is 2.13. The van der Waals surface area contributed by atoms with Crippen molar-refractivity contribution in [2.75, 3.05) is 33.3 Å². The second-order valence-corrected chi connectivity index (χ2v) is 8.06. The first-order valence-corrected chi connectivity index (χ1v) is 9.78. The average molecular weight is 375 g/mol. The number of halogens is 1. The number of likely N-dealkylation sites (N-methyl/N-ethyl adjacent to an activating group) is 1. The first-order chi connectivity index (χ1) is 12.6. The summed E-state index contributed by atoms with van der Waals surface area (Å²) >= 11 is 1.54. The number of nitrogens with zero attached hydrogens (tertiary/aromatic N) is 3. The van der Waals surface area contributed by atoms with Gasteiger partial charge in [0.15, 0.2) is 5.82 Å². The minimum Gasteiger partial charge on any atom is -0.475 e. The van der Waals surface area contributed by atoms with Gasteiger partial charge in [-0.05, 0) is 55.9 Å². The second kappa shape index (κ2) is 6.96. The molecule has 2 aliphatic heterocycles. The second-order valence-electron chi connectivity index (χ2n) is 7.28. The lowest BCUT2D eigenvalue weighted by Gasteiger charge is -2.58. The van der Waals surface area contributed by atoms with Gasteiger partial charge in [-0.2, -0.15) is 11.3 Å². The first-order valence-electron chi connectivity index (χ1n) is 8.83. The van der Waals surface area contributed by atoms with Crippen molar-refractivity contribution in [1.29, 1.82) is 0 Å². The van der Waals surface area contributed by atoms with Crippen molar-refractivity contribution < 1.29 is 13.9 Å². The molecular weight excluding hydrogens is 353 g/mol. The zero-order chi connectivity index (χ0) is 18.1. The van der Waals surface area contributed by atoms with Crippen LogP contribution in [0.4, 0.5) is 4.39 Å². The highest BCUT2D eigenvalue weighted by Crippen LogP contribution is 2.39. The van der Waals surface area contributed by atoms with E-state index >= 15 is 0 Å². The Morgan fingerprint density at radius 1 is 1.46 bits per heavy atom. The lowest BCUT2D eigenvalue weighted by atomic mass is 9.75. The molecule has 0 saturated carbocycles. The van der Waals surface area contributed by atoms with Crippen LogP contribution in [0, 0.1) is 11.7 Å². The number of thiophene rings is 1. The van der Waals surface area contributed by atoms with Gasteiger partial charge in [0.05, 0.1) is 17.7 Å². The van der Waals surface area contributed by atoms with E-state index in [4.69, 9.17) is 4.74 Å². The van der Waals surface area contributed by atoms with E-state index in [1.807, 2.05) is 21.7 Å². The molecule has 0 N–H and O–H groups in total. The molecule has 2 aromatic heterocycles. The van der Waals surface area contributed by atoms with Crippen LogP contribution < -0.4 is 4.74 Å². The van der Waals surface area contributed by atoms with Gasteiger partial charge in [0.2, 0.25) is 5.88 Å². The van der Waals surface area contributed by atoms with Crippen molar-refractivity contribution in [3.05, 3.63) is 46.5 Å². The van der Waals surface area contributed by atoms with Crippen LogP contribution in [0.1, 0.15) is 23.2 Å². The smallest absolute Gasteiger partial charge is 0.254 e. The molecule has 7 heteroatoms. The average Bonchev–Trinajstić information content (AvgIpc) is 3.14. The van der Waals surface area contributed by atoms with Crippen LogP contribution in [0.2, 0.25) is 0 Å². The van der Waals surface area contributed by atoms with Gasteiger partial charge in [-0.25, -0.2) is 9.37 Å². The molecule has 4 rings (SSSR count).